The summed E-state index contributed by atoms with van der Waals surface area (Å²) in [5.74, 6) is -0.269. The van der Waals surface area contributed by atoms with Gasteiger partial charge in [0.05, 0.1) is 30.6 Å². The van der Waals surface area contributed by atoms with E-state index in [2.05, 4.69) is 43.1 Å². The number of rotatable bonds is 6. The summed E-state index contributed by atoms with van der Waals surface area (Å²) in [6.45, 7) is 3.93. The summed E-state index contributed by atoms with van der Waals surface area (Å²) < 4.78 is 31.9. The Morgan fingerprint density at radius 2 is 2.00 bits per heavy atom. The maximum absolute atomic E-state index is 12.6. The number of nitrogens with one attached hydrogen (secondary N) is 1. The summed E-state index contributed by atoms with van der Waals surface area (Å²) >= 11 is 0. The fourth-order valence-electron chi connectivity index (χ4n) is 3.77. The number of alkyl halides is 2. The number of carbonyl (C=O) groups is 1. The Bertz CT molecular complexity index is 1220. The lowest BCUT2D eigenvalue weighted by atomic mass is 9.91. The van der Waals surface area contributed by atoms with Gasteiger partial charge in [-0.25, -0.2) is 10.2 Å². The van der Waals surface area contributed by atoms with Gasteiger partial charge >= 0.3 is 6.43 Å². The van der Waals surface area contributed by atoms with Crippen LogP contribution < -0.4 is 5.48 Å². The zero-order valence-corrected chi connectivity index (χ0v) is 18.7. The van der Waals surface area contributed by atoms with Crippen molar-refractivity contribution in [3.63, 3.8) is 0 Å². The summed E-state index contributed by atoms with van der Waals surface area (Å²) in [7, 11) is 0. The lowest BCUT2D eigenvalue weighted by Gasteiger charge is -2.14. The van der Waals surface area contributed by atoms with Gasteiger partial charge in [-0.15, -0.1) is 15.3 Å². The van der Waals surface area contributed by atoms with Gasteiger partial charge in [0.15, 0.2) is 0 Å². The van der Waals surface area contributed by atoms with Gasteiger partial charge in [0, 0.05) is 18.3 Å². The highest BCUT2D eigenvalue weighted by Gasteiger charge is 2.18. The monoisotopic (exact) mass is 483 g/mol. The SMILES string of the molecule is C=O.FC(F)c1nnc(-c2ccc(Cn3cc(-c4cccc(C5CCNOCC5)c4)nn3)nc2)o1. The number of aromatic nitrogens is 6. The minimum Gasteiger partial charge on any atom is -0.415 e. The average molecular weight is 483 g/mol. The molecule has 1 aromatic carbocycles. The number of nitrogens with zero attached hydrogens (tertiary/aromatic N) is 6. The first kappa shape index (κ1) is 24.2. The summed E-state index contributed by atoms with van der Waals surface area (Å²) in [6.07, 6.45) is 2.56. The smallest absolute Gasteiger partial charge is 0.314 e. The van der Waals surface area contributed by atoms with Crippen LogP contribution >= 0.6 is 0 Å². The Hall–Kier alpha value is -3.90. The molecule has 0 bridgehead atoms. The van der Waals surface area contributed by atoms with Crippen LogP contribution in [0.3, 0.4) is 0 Å². The first-order chi connectivity index (χ1) is 17.2. The Morgan fingerprint density at radius 3 is 2.77 bits per heavy atom. The molecule has 1 atom stereocenters. The highest BCUT2D eigenvalue weighted by Crippen LogP contribution is 2.28. The van der Waals surface area contributed by atoms with Crippen molar-refractivity contribution in [2.24, 2.45) is 0 Å². The Morgan fingerprint density at radius 1 is 1.11 bits per heavy atom. The zero-order chi connectivity index (χ0) is 24.6. The third-order valence-corrected chi connectivity index (χ3v) is 5.48. The predicted octanol–water partition coefficient (Wildman–Crippen LogP) is 3.59. The second-order valence-corrected chi connectivity index (χ2v) is 7.73. The number of hydroxylamine groups is 1. The molecule has 35 heavy (non-hydrogen) atoms. The van der Waals surface area contributed by atoms with E-state index in [-0.39, 0.29) is 5.89 Å². The van der Waals surface area contributed by atoms with E-state index >= 15 is 0 Å². The van der Waals surface area contributed by atoms with Crippen LogP contribution in [-0.2, 0) is 16.2 Å². The van der Waals surface area contributed by atoms with Crippen molar-refractivity contribution in [2.75, 3.05) is 13.2 Å². The van der Waals surface area contributed by atoms with Gasteiger partial charge in [-0.2, -0.15) is 8.78 Å². The maximum Gasteiger partial charge on any atom is 0.314 e. The third-order valence-electron chi connectivity index (χ3n) is 5.48. The average Bonchev–Trinajstić information content (AvgIpc) is 3.50. The number of carbonyl (C=O) groups excluding carboxylic acids is 1. The molecule has 12 heteroatoms. The number of pyridine rings is 1. The molecule has 4 heterocycles. The molecule has 0 aliphatic carbocycles. The molecule has 4 aromatic rings. The molecule has 3 aromatic heterocycles. The molecule has 1 N–H and O–H groups in total. The van der Waals surface area contributed by atoms with E-state index in [4.69, 9.17) is 14.0 Å². The number of halogens is 2. The largest absolute Gasteiger partial charge is 0.415 e. The second kappa shape index (κ2) is 11.5. The Balaban J connectivity index is 0.00000141. The molecular weight excluding hydrogens is 460 g/mol. The minimum absolute atomic E-state index is 0.00304. The van der Waals surface area contributed by atoms with Gasteiger partial charge in [-0.3, -0.25) is 4.98 Å². The van der Waals surface area contributed by atoms with Crippen molar-refractivity contribution in [2.45, 2.75) is 31.7 Å². The quantitative estimate of drug-likeness (QED) is 0.438. The van der Waals surface area contributed by atoms with Gasteiger partial charge in [-0.1, -0.05) is 23.4 Å². The molecule has 0 spiro atoms. The molecule has 1 fully saturated rings. The van der Waals surface area contributed by atoms with Crippen molar-refractivity contribution in [3.05, 3.63) is 65.9 Å². The topological polar surface area (TPSA) is 121 Å². The van der Waals surface area contributed by atoms with Crippen LogP contribution in [0.5, 0.6) is 0 Å². The number of hydrogen-bond acceptors (Lipinski definition) is 9. The third kappa shape index (κ3) is 5.97. The van der Waals surface area contributed by atoms with Crippen LogP contribution in [0.2, 0.25) is 0 Å². The van der Waals surface area contributed by atoms with Crippen LogP contribution in [0, 0.1) is 0 Å². The van der Waals surface area contributed by atoms with E-state index in [0.717, 1.165) is 36.3 Å². The van der Waals surface area contributed by atoms with Crippen LogP contribution in [0.25, 0.3) is 22.7 Å². The Kier molecular flexibility index (Phi) is 7.95. The van der Waals surface area contributed by atoms with Gasteiger partial charge in [0.25, 0.3) is 5.89 Å². The van der Waals surface area contributed by atoms with E-state index < -0.39 is 12.3 Å². The zero-order valence-electron chi connectivity index (χ0n) is 18.7. The molecule has 1 unspecified atom stereocenters. The van der Waals surface area contributed by atoms with Gasteiger partial charge in [0.2, 0.25) is 5.89 Å². The van der Waals surface area contributed by atoms with Crippen LogP contribution in [0.1, 0.15) is 42.3 Å². The Labute approximate surface area is 199 Å². The fraction of sp³-hybridized carbons (Fsp3) is 0.304. The normalized spacial score (nSPS) is 15.9. The van der Waals surface area contributed by atoms with Gasteiger partial charge in [0.1, 0.15) is 12.5 Å². The first-order valence-corrected chi connectivity index (χ1v) is 10.9. The first-order valence-electron chi connectivity index (χ1n) is 10.9. The molecule has 0 amide bonds. The maximum atomic E-state index is 12.6. The van der Waals surface area contributed by atoms with Crippen LogP contribution in [0.15, 0.2) is 53.2 Å². The second-order valence-electron chi connectivity index (χ2n) is 7.73. The summed E-state index contributed by atoms with van der Waals surface area (Å²) in [4.78, 5) is 17.7. The van der Waals surface area contributed by atoms with Crippen molar-refractivity contribution in [1.29, 1.82) is 0 Å². The lowest BCUT2D eigenvalue weighted by molar-refractivity contribution is -0.0980. The molecule has 10 nitrogen and oxygen atoms in total. The van der Waals surface area contributed by atoms with Crippen molar-refractivity contribution >= 4 is 6.79 Å². The van der Waals surface area contributed by atoms with Crippen molar-refractivity contribution < 1.29 is 22.8 Å². The minimum atomic E-state index is -2.81. The predicted molar refractivity (Wildman–Crippen MR) is 120 cm³/mol. The highest BCUT2D eigenvalue weighted by atomic mass is 19.3. The van der Waals surface area contributed by atoms with E-state index in [1.165, 1.54) is 11.8 Å². The summed E-state index contributed by atoms with van der Waals surface area (Å²) in [5.41, 5.74) is 7.21. The number of hydrogen-bond donors (Lipinski definition) is 1. The molecular formula is C23H23F2N7O3. The van der Waals surface area contributed by atoms with E-state index in [0.29, 0.717) is 24.6 Å². The molecule has 0 saturated carbocycles. The lowest BCUT2D eigenvalue weighted by Crippen LogP contribution is -2.12. The van der Waals surface area contributed by atoms with Crippen LogP contribution in [-0.4, -0.2) is 50.1 Å². The van der Waals surface area contributed by atoms with Crippen LogP contribution in [0.4, 0.5) is 8.78 Å². The van der Waals surface area contributed by atoms with Crippen molar-refractivity contribution in [3.8, 4) is 22.7 Å². The molecule has 5 rings (SSSR count). The van der Waals surface area contributed by atoms with Gasteiger partial charge in [-0.05, 0) is 42.5 Å². The standard InChI is InChI=1S/C22H21F2N7O2.CH2O/c23-20(24)22-29-28-21(33-22)17-4-5-18(25-11-17)12-31-13-19(27-30-31)16-3-1-2-15(10-16)14-6-8-26-32-9-7-14;1-2/h1-5,10-11,13-14,20,26H,6-9,12H2;1H2. The summed E-state index contributed by atoms with van der Waals surface area (Å²) in [5, 5.41) is 15.5. The fourth-order valence-corrected chi connectivity index (χ4v) is 3.77. The van der Waals surface area contributed by atoms with E-state index in [1.807, 2.05) is 25.1 Å². The number of benzene rings is 1. The highest BCUT2D eigenvalue weighted by molar-refractivity contribution is 5.59. The van der Waals surface area contributed by atoms with E-state index in [9.17, 15) is 8.78 Å². The van der Waals surface area contributed by atoms with Crippen molar-refractivity contribution in [1.82, 2.24) is 35.7 Å². The molecule has 0 radical (unpaired) electrons. The molecule has 182 valence electrons. The van der Waals surface area contributed by atoms with E-state index in [1.54, 1.807) is 16.8 Å². The molecule has 1 aliphatic heterocycles. The molecule has 1 aliphatic rings. The summed E-state index contributed by atoms with van der Waals surface area (Å²) in [6, 6.07) is 11.8. The van der Waals surface area contributed by atoms with Gasteiger partial charge < -0.3 is 14.0 Å². The molecule has 1 saturated heterocycles.